The van der Waals surface area contributed by atoms with E-state index in [0.717, 1.165) is 48.6 Å². The van der Waals surface area contributed by atoms with Crippen LogP contribution >= 0.6 is 11.6 Å². The van der Waals surface area contributed by atoms with E-state index < -0.39 is 5.60 Å². The Morgan fingerprint density at radius 3 is 2.70 bits per heavy atom. The Morgan fingerprint density at radius 2 is 1.97 bits per heavy atom. The first-order chi connectivity index (χ1) is 14.6. The molecule has 5 heterocycles. The van der Waals surface area contributed by atoms with Crippen molar-refractivity contribution in [1.29, 1.82) is 0 Å². The van der Waals surface area contributed by atoms with Crippen LogP contribution < -0.4 is 0 Å². The molecule has 154 valence electrons. The monoisotopic (exact) mass is 424 g/mol. The largest absolute Gasteiger partial charge is 0.354 e. The van der Waals surface area contributed by atoms with E-state index in [1.165, 1.54) is 12.3 Å². The highest BCUT2D eigenvalue weighted by Gasteiger charge is 2.49. The maximum absolute atomic E-state index is 13.2. The average molecular weight is 425 g/mol. The summed E-state index contributed by atoms with van der Waals surface area (Å²) >= 11 is 6.20. The molecule has 0 amide bonds. The molecule has 0 bridgehead atoms. The fourth-order valence-electron chi connectivity index (χ4n) is 4.59. The van der Waals surface area contributed by atoms with Crippen LogP contribution in [0.2, 0.25) is 5.02 Å². The van der Waals surface area contributed by atoms with Crippen molar-refractivity contribution in [1.82, 2.24) is 19.9 Å². The number of ether oxygens (including phenoxy) is 1. The standard InChI is InChI=1S/C23H22ClFN4O/c1-15(19-5-4-17(25)14-28-19)29-11-7-23(8-12-29)22-18(3-2-9-27-22)21(30-23)20-13-16(24)6-10-26-20/h2-6,9-10,13-15,21H,7-8,11-12H2,1H3. The van der Waals surface area contributed by atoms with Gasteiger partial charge in [-0.15, -0.1) is 0 Å². The third-order valence-corrected chi connectivity index (χ3v) is 6.47. The second-order valence-electron chi connectivity index (χ2n) is 7.95. The minimum atomic E-state index is -0.433. The Balaban J connectivity index is 1.39. The lowest BCUT2D eigenvalue weighted by molar-refractivity contribution is -0.104. The molecule has 2 atom stereocenters. The molecule has 30 heavy (non-hydrogen) atoms. The van der Waals surface area contributed by atoms with Crippen molar-refractivity contribution in [2.75, 3.05) is 13.1 Å². The Bertz CT molecular complexity index is 1050. The van der Waals surface area contributed by atoms with E-state index in [1.54, 1.807) is 18.3 Å². The van der Waals surface area contributed by atoms with Crippen LogP contribution in [0.5, 0.6) is 0 Å². The molecule has 2 aliphatic heterocycles. The molecule has 7 heteroatoms. The third kappa shape index (κ3) is 3.39. The minimum absolute atomic E-state index is 0.109. The van der Waals surface area contributed by atoms with Crippen LogP contribution in [0.3, 0.4) is 0 Å². The van der Waals surface area contributed by atoms with Crippen LogP contribution in [0.1, 0.15) is 54.6 Å². The van der Waals surface area contributed by atoms with Crippen LogP contribution in [-0.4, -0.2) is 32.9 Å². The van der Waals surface area contributed by atoms with Crippen LogP contribution in [0.4, 0.5) is 4.39 Å². The van der Waals surface area contributed by atoms with Crippen molar-refractivity contribution in [2.45, 2.75) is 37.5 Å². The number of fused-ring (bicyclic) bond motifs is 2. The number of hydrogen-bond donors (Lipinski definition) is 0. The summed E-state index contributed by atoms with van der Waals surface area (Å²) in [6.45, 7) is 3.79. The lowest BCUT2D eigenvalue weighted by Crippen LogP contribution is -2.44. The SMILES string of the molecule is CC(c1ccc(F)cn1)N1CCC2(CC1)OC(c1cc(Cl)ccn1)c1cccnc12. The number of nitrogens with zero attached hydrogens (tertiary/aromatic N) is 4. The normalized spacial score (nSPS) is 21.5. The highest BCUT2D eigenvalue weighted by atomic mass is 35.5. The zero-order valence-corrected chi connectivity index (χ0v) is 17.4. The summed E-state index contributed by atoms with van der Waals surface area (Å²) < 4.78 is 19.9. The minimum Gasteiger partial charge on any atom is -0.354 e. The van der Waals surface area contributed by atoms with E-state index in [9.17, 15) is 4.39 Å². The molecule has 0 aromatic carbocycles. The average Bonchev–Trinajstić information content (AvgIpc) is 3.09. The summed E-state index contributed by atoms with van der Waals surface area (Å²) in [6.07, 6.45) is 6.19. The predicted octanol–water partition coefficient (Wildman–Crippen LogP) is 4.84. The molecule has 1 fully saturated rings. The zero-order chi connectivity index (χ0) is 20.7. The second-order valence-corrected chi connectivity index (χ2v) is 8.38. The van der Waals surface area contributed by atoms with Crippen molar-refractivity contribution < 1.29 is 9.13 Å². The zero-order valence-electron chi connectivity index (χ0n) is 16.6. The number of pyridine rings is 3. The van der Waals surface area contributed by atoms with Gasteiger partial charge in [-0.1, -0.05) is 17.7 Å². The van der Waals surface area contributed by atoms with Gasteiger partial charge in [-0.05, 0) is 50.1 Å². The Labute approximate surface area is 179 Å². The van der Waals surface area contributed by atoms with E-state index in [-0.39, 0.29) is 18.0 Å². The van der Waals surface area contributed by atoms with Crippen molar-refractivity contribution in [3.05, 3.63) is 88.5 Å². The highest BCUT2D eigenvalue weighted by molar-refractivity contribution is 6.30. The van der Waals surface area contributed by atoms with E-state index in [4.69, 9.17) is 21.3 Å². The lowest BCUT2D eigenvalue weighted by Gasteiger charge is -2.41. The molecule has 1 saturated heterocycles. The highest BCUT2D eigenvalue weighted by Crippen LogP contribution is 2.50. The molecule has 2 unspecified atom stereocenters. The number of piperidine rings is 1. The molecule has 0 N–H and O–H groups in total. The quantitative estimate of drug-likeness (QED) is 0.602. The predicted molar refractivity (Wildman–Crippen MR) is 112 cm³/mol. The second kappa shape index (κ2) is 7.69. The number of halogens is 2. The number of rotatable bonds is 3. The van der Waals surface area contributed by atoms with E-state index in [0.29, 0.717) is 5.02 Å². The third-order valence-electron chi connectivity index (χ3n) is 6.24. The molecular formula is C23H22ClFN4O. The maximum Gasteiger partial charge on any atom is 0.141 e. The molecule has 5 nitrogen and oxygen atoms in total. The van der Waals surface area contributed by atoms with Gasteiger partial charge >= 0.3 is 0 Å². The number of hydrogen-bond acceptors (Lipinski definition) is 5. The van der Waals surface area contributed by atoms with Gasteiger partial charge in [0.2, 0.25) is 0 Å². The first kappa shape index (κ1) is 19.5. The lowest BCUT2D eigenvalue weighted by atomic mass is 9.86. The molecule has 5 rings (SSSR count). The van der Waals surface area contributed by atoms with E-state index in [1.807, 2.05) is 18.3 Å². The Kier molecular flexibility index (Phi) is 5.01. The van der Waals surface area contributed by atoms with Crippen molar-refractivity contribution in [3.63, 3.8) is 0 Å². The molecule has 0 aliphatic carbocycles. The van der Waals surface area contributed by atoms with E-state index in [2.05, 4.69) is 27.9 Å². The van der Waals surface area contributed by atoms with Crippen molar-refractivity contribution in [3.8, 4) is 0 Å². The summed E-state index contributed by atoms with van der Waals surface area (Å²) in [5.41, 5.74) is 3.31. The molecule has 2 aliphatic rings. The van der Waals surface area contributed by atoms with Gasteiger partial charge < -0.3 is 4.74 Å². The first-order valence-electron chi connectivity index (χ1n) is 10.2. The molecule has 3 aromatic heterocycles. The smallest absolute Gasteiger partial charge is 0.141 e. The van der Waals surface area contributed by atoms with Gasteiger partial charge in [0.25, 0.3) is 0 Å². The summed E-state index contributed by atoms with van der Waals surface area (Å²) in [6, 6.07) is 11.0. The summed E-state index contributed by atoms with van der Waals surface area (Å²) in [7, 11) is 0. The Morgan fingerprint density at radius 1 is 1.13 bits per heavy atom. The van der Waals surface area contributed by atoms with Crippen LogP contribution in [0, 0.1) is 5.82 Å². The van der Waals surface area contributed by atoms with Crippen molar-refractivity contribution in [2.24, 2.45) is 0 Å². The van der Waals surface area contributed by atoms with Crippen molar-refractivity contribution >= 4 is 11.6 Å². The van der Waals surface area contributed by atoms with Gasteiger partial charge in [0.1, 0.15) is 17.5 Å². The molecular weight excluding hydrogens is 403 g/mol. The Hall–Kier alpha value is -2.41. The van der Waals surface area contributed by atoms with Crippen LogP contribution in [0.15, 0.2) is 55.0 Å². The van der Waals surface area contributed by atoms with Crippen LogP contribution in [0.25, 0.3) is 0 Å². The molecule has 1 spiro atoms. The van der Waals surface area contributed by atoms with Gasteiger partial charge in [-0.25, -0.2) is 4.39 Å². The van der Waals surface area contributed by atoms with Crippen LogP contribution in [-0.2, 0) is 10.3 Å². The molecule has 0 radical (unpaired) electrons. The van der Waals surface area contributed by atoms with Gasteiger partial charge in [0, 0.05) is 42.1 Å². The summed E-state index contributed by atoms with van der Waals surface area (Å²) in [5.74, 6) is -0.314. The molecule has 3 aromatic rings. The van der Waals surface area contributed by atoms with Gasteiger partial charge in [-0.3, -0.25) is 19.9 Å². The van der Waals surface area contributed by atoms with Gasteiger partial charge in [0.05, 0.1) is 23.3 Å². The summed E-state index contributed by atoms with van der Waals surface area (Å²) in [5, 5.41) is 0.644. The fraction of sp³-hybridized carbons (Fsp3) is 0.348. The fourth-order valence-corrected chi connectivity index (χ4v) is 4.76. The van der Waals surface area contributed by atoms with E-state index >= 15 is 0 Å². The maximum atomic E-state index is 13.2. The number of likely N-dealkylation sites (tertiary alicyclic amines) is 1. The van der Waals surface area contributed by atoms with Gasteiger partial charge in [0.15, 0.2) is 0 Å². The van der Waals surface area contributed by atoms with Gasteiger partial charge in [-0.2, -0.15) is 0 Å². The first-order valence-corrected chi connectivity index (χ1v) is 10.5. The summed E-state index contributed by atoms with van der Waals surface area (Å²) in [4.78, 5) is 15.8. The topological polar surface area (TPSA) is 51.1 Å². The number of aromatic nitrogens is 3. The molecule has 0 saturated carbocycles.